The number of hydrogen-bond donors (Lipinski definition) is 1. The Morgan fingerprint density at radius 2 is 1.83 bits per heavy atom. The molecule has 0 radical (unpaired) electrons. The fourth-order valence-electron chi connectivity index (χ4n) is 1.61. The zero-order valence-corrected chi connectivity index (χ0v) is 11.0. The standard InChI is InChI=1S/C14H10Cl2N2/c15-12-6-3-7-13(14(12)16)18-9-11-5-2-1-4-10(11)8-17/h1-7,18H,9H2. The molecule has 0 aliphatic heterocycles. The van der Waals surface area contributed by atoms with E-state index >= 15 is 0 Å². The Hall–Kier alpha value is -1.69. The Kier molecular flexibility index (Phi) is 4.09. The Bertz CT molecular complexity index is 603. The summed E-state index contributed by atoms with van der Waals surface area (Å²) in [5.74, 6) is 0. The van der Waals surface area contributed by atoms with Crippen LogP contribution in [-0.4, -0.2) is 0 Å². The van der Waals surface area contributed by atoms with Crippen molar-refractivity contribution in [1.82, 2.24) is 0 Å². The molecular formula is C14H10Cl2N2. The van der Waals surface area contributed by atoms with Crippen molar-refractivity contribution in [2.75, 3.05) is 5.32 Å². The van der Waals surface area contributed by atoms with Gasteiger partial charge in [-0.25, -0.2) is 0 Å². The number of nitrogens with one attached hydrogen (secondary N) is 1. The van der Waals surface area contributed by atoms with Crippen molar-refractivity contribution in [3.05, 3.63) is 63.6 Å². The molecule has 90 valence electrons. The zero-order chi connectivity index (χ0) is 13.0. The molecule has 18 heavy (non-hydrogen) atoms. The maximum Gasteiger partial charge on any atom is 0.0995 e. The molecule has 0 atom stereocenters. The van der Waals surface area contributed by atoms with E-state index in [0.717, 1.165) is 11.3 Å². The topological polar surface area (TPSA) is 35.8 Å². The monoisotopic (exact) mass is 276 g/mol. The van der Waals surface area contributed by atoms with E-state index in [-0.39, 0.29) is 0 Å². The number of hydrogen-bond acceptors (Lipinski definition) is 2. The van der Waals surface area contributed by atoms with Crippen molar-refractivity contribution in [2.45, 2.75) is 6.54 Å². The maximum absolute atomic E-state index is 8.99. The van der Waals surface area contributed by atoms with Crippen molar-refractivity contribution in [3.63, 3.8) is 0 Å². The summed E-state index contributed by atoms with van der Waals surface area (Å²) in [7, 11) is 0. The van der Waals surface area contributed by atoms with Crippen molar-refractivity contribution in [1.29, 1.82) is 5.26 Å². The molecule has 2 rings (SSSR count). The molecule has 0 amide bonds. The Balaban J connectivity index is 2.17. The minimum absolute atomic E-state index is 0.494. The second kappa shape index (κ2) is 5.77. The molecule has 0 fully saturated rings. The number of anilines is 1. The van der Waals surface area contributed by atoms with E-state index in [4.69, 9.17) is 28.5 Å². The first-order valence-corrected chi connectivity index (χ1v) is 6.14. The van der Waals surface area contributed by atoms with Crippen LogP contribution in [0, 0.1) is 11.3 Å². The van der Waals surface area contributed by atoms with Gasteiger partial charge in [-0.3, -0.25) is 0 Å². The average Bonchev–Trinajstić information content (AvgIpc) is 2.41. The highest BCUT2D eigenvalue weighted by atomic mass is 35.5. The second-order valence-electron chi connectivity index (χ2n) is 3.72. The molecule has 2 aromatic carbocycles. The van der Waals surface area contributed by atoms with E-state index in [0.29, 0.717) is 22.2 Å². The largest absolute Gasteiger partial charge is 0.380 e. The van der Waals surface area contributed by atoms with Crippen molar-refractivity contribution < 1.29 is 0 Å². The highest BCUT2D eigenvalue weighted by Crippen LogP contribution is 2.29. The molecule has 0 heterocycles. The summed E-state index contributed by atoms with van der Waals surface area (Å²) >= 11 is 12.0. The first-order chi connectivity index (χ1) is 8.72. The van der Waals surface area contributed by atoms with Gasteiger partial charge in [0.05, 0.1) is 27.4 Å². The van der Waals surface area contributed by atoms with Crippen molar-refractivity contribution in [3.8, 4) is 6.07 Å². The van der Waals surface area contributed by atoms with Gasteiger partial charge in [-0.05, 0) is 23.8 Å². The number of rotatable bonds is 3. The number of nitrogens with zero attached hydrogens (tertiary/aromatic N) is 1. The van der Waals surface area contributed by atoms with Gasteiger partial charge in [-0.2, -0.15) is 5.26 Å². The normalized spacial score (nSPS) is 9.83. The number of benzene rings is 2. The van der Waals surface area contributed by atoms with Crippen LogP contribution in [0.1, 0.15) is 11.1 Å². The van der Waals surface area contributed by atoms with E-state index in [1.54, 1.807) is 12.1 Å². The van der Waals surface area contributed by atoms with Gasteiger partial charge < -0.3 is 5.32 Å². The van der Waals surface area contributed by atoms with E-state index in [1.165, 1.54) is 0 Å². The predicted molar refractivity (Wildman–Crippen MR) is 74.9 cm³/mol. The molecule has 0 aliphatic rings. The fourth-order valence-corrected chi connectivity index (χ4v) is 1.98. The van der Waals surface area contributed by atoms with Gasteiger partial charge in [-0.1, -0.05) is 47.5 Å². The Morgan fingerprint density at radius 1 is 1.06 bits per heavy atom. The first-order valence-electron chi connectivity index (χ1n) is 5.38. The molecular weight excluding hydrogens is 267 g/mol. The van der Waals surface area contributed by atoms with Gasteiger partial charge in [0, 0.05) is 6.54 Å². The molecule has 0 bridgehead atoms. The SMILES string of the molecule is N#Cc1ccccc1CNc1cccc(Cl)c1Cl. The van der Waals surface area contributed by atoms with Crippen LogP contribution in [0.15, 0.2) is 42.5 Å². The highest BCUT2D eigenvalue weighted by Gasteiger charge is 2.05. The number of nitriles is 1. The molecule has 0 spiro atoms. The molecule has 2 nitrogen and oxygen atoms in total. The van der Waals surface area contributed by atoms with Crippen LogP contribution in [0.25, 0.3) is 0 Å². The summed E-state index contributed by atoms with van der Waals surface area (Å²) in [6.07, 6.45) is 0. The van der Waals surface area contributed by atoms with Gasteiger partial charge in [0.1, 0.15) is 0 Å². The lowest BCUT2D eigenvalue weighted by Crippen LogP contribution is -2.02. The van der Waals surface area contributed by atoms with Gasteiger partial charge >= 0.3 is 0 Å². The zero-order valence-electron chi connectivity index (χ0n) is 9.45. The molecule has 1 N–H and O–H groups in total. The summed E-state index contributed by atoms with van der Waals surface area (Å²) < 4.78 is 0. The first kappa shape index (κ1) is 12.8. The van der Waals surface area contributed by atoms with Gasteiger partial charge in [0.25, 0.3) is 0 Å². The lowest BCUT2D eigenvalue weighted by atomic mass is 10.1. The molecule has 2 aromatic rings. The fraction of sp³-hybridized carbons (Fsp3) is 0.0714. The molecule has 4 heteroatoms. The molecule has 0 saturated carbocycles. The van der Waals surface area contributed by atoms with E-state index in [2.05, 4.69) is 11.4 Å². The third kappa shape index (κ3) is 2.76. The van der Waals surface area contributed by atoms with Crippen LogP contribution in [0.4, 0.5) is 5.69 Å². The molecule has 0 saturated heterocycles. The van der Waals surface area contributed by atoms with E-state index in [9.17, 15) is 0 Å². The molecule has 0 aromatic heterocycles. The second-order valence-corrected chi connectivity index (χ2v) is 4.51. The van der Waals surface area contributed by atoms with Crippen LogP contribution < -0.4 is 5.32 Å². The smallest absolute Gasteiger partial charge is 0.0995 e. The van der Waals surface area contributed by atoms with E-state index < -0.39 is 0 Å². The minimum atomic E-state index is 0.494. The van der Waals surface area contributed by atoms with Crippen LogP contribution in [-0.2, 0) is 6.54 Å². The molecule has 0 unspecified atom stereocenters. The minimum Gasteiger partial charge on any atom is -0.380 e. The summed E-state index contributed by atoms with van der Waals surface area (Å²) in [5, 5.41) is 13.2. The van der Waals surface area contributed by atoms with Crippen molar-refractivity contribution >= 4 is 28.9 Å². The lowest BCUT2D eigenvalue weighted by molar-refractivity contribution is 1.14. The highest BCUT2D eigenvalue weighted by molar-refractivity contribution is 6.43. The third-order valence-electron chi connectivity index (χ3n) is 2.56. The van der Waals surface area contributed by atoms with Gasteiger partial charge in [0.15, 0.2) is 0 Å². The van der Waals surface area contributed by atoms with E-state index in [1.807, 2.05) is 30.3 Å². The van der Waals surface area contributed by atoms with Crippen LogP contribution >= 0.6 is 23.2 Å². The summed E-state index contributed by atoms with van der Waals surface area (Å²) in [5.41, 5.74) is 2.34. The Labute approximate surface area is 116 Å². The maximum atomic E-state index is 8.99. The van der Waals surface area contributed by atoms with Crippen LogP contribution in [0.2, 0.25) is 10.0 Å². The predicted octanol–water partition coefficient (Wildman–Crippen LogP) is 4.48. The van der Waals surface area contributed by atoms with Crippen LogP contribution in [0.5, 0.6) is 0 Å². The third-order valence-corrected chi connectivity index (χ3v) is 3.38. The average molecular weight is 277 g/mol. The van der Waals surface area contributed by atoms with Crippen LogP contribution in [0.3, 0.4) is 0 Å². The summed E-state index contributed by atoms with van der Waals surface area (Å²) in [6.45, 7) is 0.532. The Morgan fingerprint density at radius 3 is 2.61 bits per heavy atom. The molecule has 0 aliphatic carbocycles. The summed E-state index contributed by atoms with van der Waals surface area (Å²) in [4.78, 5) is 0. The van der Waals surface area contributed by atoms with Gasteiger partial charge in [-0.15, -0.1) is 0 Å². The number of halogens is 2. The summed E-state index contributed by atoms with van der Waals surface area (Å²) in [6, 6.07) is 15.0. The van der Waals surface area contributed by atoms with Crippen molar-refractivity contribution in [2.24, 2.45) is 0 Å². The van der Waals surface area contributed by atoms with Gasteiger partial charge in [0.2, 0.25) is 0 Å². The quantitative estimate of drug-likeness (QED) is 0.898. The lowest BCUT2D eigenvalue weighted by Gasteiger charge is -2.10.